The lowest BCUT2D eigenvalue weighted by molar-refractivity contribution is -0.870. The van der Waals surface area contributed by atoms with Crippen LogP contribution in [0.25, 0.3) is 0 Å². The number of unbranched alkanes of at least 4 members (excludes halogenated alkanes) is 44. The van der Waals surface area contributed by atoms with Crippen molar-refractivity contribution in [2.24, 2.45) is 0 Å². The van der Waals surface area contributed by atoms with Crippen LogP contribution in [-0.4, -0.2) is 87.4 Å². The lowest BCUT2D eigenvalue weighted by Crippen LogP contribution is -2.40. The molecule has 0 aromatic rings. The van der Waals surface area contributed by atoms with Crippen molar-refractivity contribution in [2.45, 2.75) is 334 Å². The largest absolute Gasteiger partial charge is 0.477 e. The highest BCUT2D eigenvalue weighted by molar-refractivity contribution is 5.71. The number of hydrogen-bond acceptors (Lipinski definition) is 7. The van der Waals surface area contributed by atoms with Crippen molar-refractivity contribution < 1.29 is 42.9 Å². The fraction of sp³-hybridized carbons (Fsp3) is 0.952. The van der Waals surface area contributed by atoms with Crippen LogP contribution in [0.3, 0.4) is 0 Å². The number of esters is 2. The van der Waals surface area contributed by atoms with Gasteiger partial charge in [-0.1, -0.05) is 296 Å². The second-order valence-electron chi connectivity index (χ2n) is 22.7. The summed E-state index contributed by atoms with van der Waals surface area (Å²) in [7, 11) is 5.99. The van der Waals surface area contributed by atoms with Gasteiger partial charge >= 0.3 is 17.9 Å². The Bertz CT molecular complexity index is 1130. The summed E-state index contributed by atoms with van der Waals surface area (Å²) in [6, 6.07) is 0. The number of quaternary nitrogens is 1. The molecular weight excluding hydrogens is 887 g/mol. The summed E-state index contributed by atoms with van der Waals surface area (Å²) in [5.41, 5.74) is 0. The Balaban J connectivity index is 4.14. The zero-order chi connectivity index (χ0) is 52.0. The minimum Gasteiger partial charge on any atom is -0.477 e. The van der Waals surface area contributed by atoms with E-state index in [9.17, 15) is 19.5 Å². The summed E-state index contributed by atoms with van der Waals surface area (Å²) in [6.07, 6.45) is 59.0. The van der Waals surface area contributed by atoms with E-state index in [1.54, 1.807) is 0 Å². The van der Waals surface area contributed by atoms with E-state index in [1.807, 2.05) is 21.1 Å². The molecule has 9 nitrogen and oxygen atoms in total. The van der Waals surface area contributed by atoms with Crippen LogP contribution in [0.5, 0.6) is 0 Å². The molecule has 0 heterocycles. The van der Waals surface area contributed by atoms with Crippen LogP contribution in [0.15, 0.2) is 0 Å². The summed E-state index contributed by atoms with van der Waals surface area (Å²) in [6.45, 7) is 4.96. The zero-order valence-electron chi connectivity index (χ0n) is 48.2. The van der Waals surface area contributed by atoms with Gasteiger partial charge in [0.1, 0.15) is 13.2 Å². The van der Waals surface area contributed by atoms with E-state index in [0.717, 1.165) is 38.5 Å². The maximum Gasteiger partial charge on any atom is 0.361 e. The Labute approximate surface area is 441 Å². The Hall–Kier alpha value is -1.71. The number of ether oxygens (including phenoxy) is 4. The number of carboxylic acids is 1. The molecule has 0 rings (SSSR count). The normalized spacial score (nSPS) is 12.6. The quantitative estimate of drug-likeness (QED) is 0.0278. The number of hydrogen-bond donors (Lipinski definition) is 1. The first-order valence-electron chi connectivity index (χ1n) is 31.2. The summed E-state index contributed by atoms with van der Waals surface area (Å²) < 4.78 is 23.0. The molecular formula is C62H122NO8+. The number of rotatable bonds is 59. The fourth-order valence-electron chi connectivity index (χ4n) is 9.55. The SMILES string of the molecule is CCCCCCCCCCCCCCCCCCCCCCCCCC(=O)OCC(COC(OCC[N+](C)(C)C)C(=O)O)OC(=O)CCCCCCCCCCCCCCCCCCCCCCCCC. The standard InChI is InChI=1S/C62H121NO8/c1-6-8-10-12-14-16-18-20-22-24-26-28-30-32-34-36-38-40-42-44-46-48-50-52-59(64)69-56-58(57-70-62(61(66)67)68-55-54-63(3,4)5)71-60(65)53-51-49-47-45-43-41-39-37-35-33-31-29-27-25-23-21-19-17-15-13-11-9-7-2/h58,62H,6-57H2,1-5H3/p+1. The molecule has 9 heteroatoms. The van der Waals surface area contributed by atoms with Crippen LogP contribution in [0.1, 0.15) is 322 Å². The lowest BCUT2D eigenvalue weighted by Gasteiger charge is -2.25. The molecule has 2 atom stereocenters. The summed E-state index contributed by atoms with van der Waals surface area (Å²) in [5, 5.41) is 9.71. The maximum atomic E-state index is 12.9. The second-order valence-corrected chi connectivity index (χ2v) is 22.7. The van der Waals surface area contributed by atoms with Crippen LogP contribution < -0.4 is 0 Å². The van der Waals surface area contributed by atoms with Gasteiger partial charge in [0.05, 0.1) is 34.4 Å². The van der Waals surface area contributed by atoms with Gasteiger partial charge in [-0.25, -0.2) is 4.79 Å². The number of carboxylic acid groups (broad SMARTS) is 1. The molecule has 0 fully saturated rings. The Morgan fingerprint density at radius 2 is 0.634 bits per heavy atom. The van der Waals surface area contributed by atoms with Crippen LogP contribution in [0.2, 0.25) is 0 Å². The van der Waals surface area contributed by atoms with E-state index < -0.39 is 18.4 Å². The van der Waals surface area contributed by atoms with Gasteiger partial charge in [0.25, 0.3) is 6.29 Å². The van der Waals surface area contributed by atoms with Crippen molar-refractivity contribution >= 4 is 17.9 Å². The van der Waals surface area contributed by atoms with Crippen molar-refractivity contribution in [1.82, 2.24) is 0 Å². The highest BCUT2D eigenvalue weighted by atomic mass is 16.7. The van der Waals surface area contributed by atoms with E-state index in [2.05, 4.69) is 13.8 Å². The molecule has 0 aromatic heterocycles. The maximum absolute atomic E-state index is 12.9. The molecule has 0 bridgehead atoms. The molecule has 0 aliphatic rings. The molecule has 0 aromatic carbocycles. The van der Waals surface area contributed by atoms with E-state index in [0.29, 0.717) is 17.4 Å². The number of carbonyl (C=O) groups excluding carboxylic acids is 2. The second kappa shape index (κ2) is 54.5. The Kier molecular flexibility index (Phi) is 53.2. The van der Waals surface area contributed by atoms with Crippen molar-refractivity contribution in [3.63, 3.8) is 0 Å². The summed E-state index contributed by atoms with van der Waals surface area (Å²) in [5.74, 6) is -1.97. The van der Waals surface area contributed by atoms with Gasteiger partial charge in [0.2, 0.25) is 0 Å². The minimum atomic E-state index is -1.50. The molecule has 0 spiro atoms. The predicted molar refractivity (Wildman–Crippen MR) is 300 cm³/mol. The van der Waals surface area contributed by atoms with Crippen molar-refractivity contribution in [3.8, 4) is 0 Å². The topological polar surface area (TPSA) is 108 Å². The average molecular weight is 1010 g/mol. The number of likely N-dealkylation sites (N-methyl/N-ethyl adjacent to an activating group) is 1. The number of nitrogens with zero attached hydrogens (tertiary/aromatic N) is 1. The first-order valence-corrected chi connectivity index (χ1v) is 31.2. The first-order chi connectivity index (χ1) is 34.6. The third-order valence-electron chi connectivity index (χ3n) is 14.4. The Morgan fingerprint density at radius 1 is 0.366 bits per heavy atom. The lowest BCUT2D eigenvalue weighted by atomic mass is 10.0. The molecule has 0 radical (unpaired) electrons. The van der Waals surface area contributed by atoms with Crippen molar-refractivity contribution in [3.05, 3.63) is 0 Å². The van der Waals surface area contributed by atoms with E-state index >= 15 is 0 Å². The molecule has 0 aliphatic carbocycles. The van der Waals surface area contributed by atoms with Gasteiger partial charge in [0.15, 0.2) is 6.10 Å². The average Bonchev–Trinajstić information content (AvgIpc) is 3.34. The van der Waals surface area contributed by atoms with Crippen molar-refractivity contribution in [1.29, 1.82) is 0 Å². The molecule has 422 valence electrons. The van der Waals surface area contributed by atoms with E-state index in [4.69, 9.17) is 18.9 Å². The molecule has 0 aliphatic heterocycles. The third-order valence-corrected chi connectivity index (χ3v) is 14.4. The van der Waals surface area contributed by atoms with Crippen LogP contribution in [-0.2, 0) is 33.3 Å². The van der Waals surface area contributed by atoms with Gasteiger partial charge in [-0.2, -0.15) is 0 Å². The predicted octanol–water partition coefficient (Wildman–Crippen LogP) is 18.4. The zero-order valence-corrected chi connectivity index (χ0v) is 48.2. The van der Waals surface area contributed by atoms with E-state index in [1.165, 1.54) is 257 Å². The summed E-state index contributed by atoms with van der Waals surface area (Å²) in [4.78, 5) is 37.5. The Morgan fingerprint density at radius 3 is 0.901 bits per heavy atom. The van der Waals surface area contributed by atoms with Gasteiger partial charge in [-0.05, 0) is 12.8 Å². The monoisotopic (exact) mass is 1010 g/mol. The molecule has 1 N–H and O–H groups in total. The van der Waals surface area contributed by atoms with Gasteiger partial charge in [-0.3, -0.25) is 9.59 Å². The van der Waals surface area contributed by atoms with E-state index in [-0.39, 0.29) is 38.2 Å². The molecule has 71 heavy (non-hydrogen) atoms. The fourth-order valence-corrected chi connectivity index (χ4v) is 9.55. The minimum absolute atomic E-state index is 0.172. The highest BCUT2D eigenvalue weighted by Crippen LogP contribution is 2.19. The van der Waals surface area contributed by atoms with Crippen LogP contribution in [0, 0.1) is 0 Å². The summed E-state index contributed by atoms with van der Waals surface area (Å²) >= 11 is 0. The number of carbonyl (C=O) groups is 3. The molecule has 0 saturated carbocycles. The molecule has 0 amide bonds. The van der Waals surface area contributed by atoms with Gasteiger partial charge in [-0.15, -0.1) is 0 Å². The smallest absolute Gasteiger partial charge is 0.361 e. The van der Waals surface area contributed by atoms with Crippen LogP contribution in [0.4, 0.5) is 0 Å². The molecule has 0 saturated heterocycles. The van der Waals surface area contributed by atoms with Gasteiger partial charge in [0, 0.05) is 12.8 Å². The van der Waals surface area contributed by atoms with Crippen molar-refractivity contribution in [2.75, 3.05) is 47.5 Å². The first kappa shape index (κ1) is 69.3. The molecule has 2 unspecified atom stereocenters. The number of aliphatic carboxylic acids is 1. The van der Waals surface area contributed by atoms with Crippen LogP contribution >= 0.6 is 0 Å². The highest BCUT2D eigenvalue weighted by Gasteiger charge is 2.25. The third kappa shape index (κ3) is 55.9. The van der Waals surface area contributed by atoms with Gasteiger partial charge < -0.3 is 28.5 Å².